The van der Waals surface area contributed by atoms with Crippen molar-refractivity contribution in [3.8, 4) is 0 Å². The molecular weight excluding hydrogens is 347 g/mol. The molecule has 1 aliphatic heterocycles. The van der Waals surface area contributed by atoms with E-state index in [2.05, 4.69) is 27.6 Å². The van der Waals surface area contributed by atoms with Crippen molar-refractivity contribution in [2.75, 3.05) is 5.75 Å². The van der Waals surface area contributed by atoms with Crippen molar-refractivity contribution in [3.05, 3.63) is 25.4 Å². The van der Waals surface area contributed by atoms with Crippen molar-refractivity contribution in [3.63, 3.8) is 0 Å². The van der Waals surface area contributed by atoms with Gasteiger partial charge in [-0.05, 0) is 54.0 Å². The minimum absolute atomic E-state index is 0.0590. The van der Waals surface area contributed by atoms with Crippen LogP contribution in [0.2, 0.25) is 0 Å². The van der Waals surface area contributed by atoms with Gasteiger partial charge in [0.25, 0.3) is 5.56 Å². The molecule has 0 bridgehead atoms. The average molecular weight is 362 g/mol. The van der Waals surface area contributed by atoms with Gasteiger partial charge in [-0.2, -0.15) is 11.8 Å². The largest absolute Gasteiger partial charge is 0.309 e. The molecule has 2 heterocycles. The Morgan fingerprint density at radius 1 is 1.29 bits per heavy atom. The summed E-state index contributed by atoms with van der Waals surface area (Å²) >= 11 is 4.07. The molecule has 1 aromatic heterocycles. The highest BCUT2D eigenvalue weighted by atomic mass is 127. The van der Waals surface area contributed by atoms with Crippen LogP contribution in [0.15, 0.2) is 4.79 Å². The van der Waals surface area contributed by atoms with Crippen molar-refractivity contribution < 1.29 is 0 Å². The van der Waals surface area contributed by atoms with Crippen molar-refractivity contribution in [2.24, 2.45) is 0 Å². The Hall–Kier alpha value is -0.0400. The highest BCUT2D eigenvalue weighted by molar-refractivity contribution is 14.1. The van der Waals surface area contributed by atoms with Gasteiger partial charge in [-0.15, -0.1) is 0 Å². The third-order valence-electron chi connectivity index (χ3n) is 3.36. The maximum Gasteiger partial charge on any atom is 0.264 e. The van der Waals surface area contributed by atoms with Gasteiger partial charge in [-0.1, -0.05) is 6.42 Å². The van der Waals surface area contributed by atoms with Crippen LogP contribution in [-0.4, -0.2) is 15.7 Å². The Balaban J connectivity index is 1.96. The Morgan fingerprint density at radius 3 is 2.76 bits per heavy atom. The minimum atomic E-state index is 0.0590. The summed E-state index contributed by atoms with van der Waals surface area (Å²) in [6.45, 7) is 0. The van der Waals surface area contributed by atoms with Crippen LogP contribution in [0.3, 0.4) is 0 Å². The molecule has 0 spiro atoms. The Bertz CT molecular complexity index is 478. The van der Waals surface area contributed by atoms with Crippen molar-refractivity contribution in [1.82, 2.24) is 9.97 Å². The fourth-order valence-corrected chi connectivity index (χ4v) is 4.18. The molecule has 0 radical (unpaired) electrons. The van der Waals surface area contributed by atoms with Gasteiger partial charge in [0, 0.05) is 5.92 Å². The topological polar surface area (TPSA) is 45.8 Å². The lowest BCUT2D eigenvalue weighted by molar-refractivity contribution is 0.655. The van der Waals surface area contributed by atoms with Crippen LogP contribution in [0.4, 0.5) is 0 Å². The number of thioether (sulfide) groups is 1. The monoisotopic (exact) mass is 362 g/mol. The first-order valence-electron chi connectivity index (χ1n) is 6.17. The highest BCUT2D eigenvalue weighted by Gasteiger charge is 2.30. The molecule has 1 saturated heterocycles. The summed E-state index contributed by atoms with van der Waals surface area (Å²) in [6, 6.07) is 0. The second-order valence-corrected chi connectivity index (χ2v) is 7.17. The predicted molar refractivity (Wildman–Crippen MR) is 78.6 cm³/mol. The number of aromatic amines is 1. The summed E-state index contributed by atoms with van der Waals surface area (Å²) in [5.74, 6) is 2.66. The molecule has 2 aliphatic rings. The van der Waals surface area contributed by atoms with Crippen LogP contribution in [0.25, 0.3) is 0 Å². The van der Waals surface area contributed by atoms with E-state index in [9.17, 15) is 4.79 Å². The molecule has 5 heteroatoms. The Kier molecular flexibility index (Phi) is 3.47. The van der Waals surface area contributed by atoms with Crippen molar-refractivity contribution in [1.29, 1.82) is 0 Å². The zero-order chi connectivity index (χ0) is 11.8. The lowest BCUT2D eigenvalue weighted by Gasteiger charge is -2.20. The Morgan fingerprint density at radius 2 is 2.12 bits per heavy atom. The summed E-state index contributed by atoms with van der Waals surface area (Å²) in [5.41, 5.74) is 1.11. The molecule has 1 unspecified atom stereocenters. The summed E-state index contributed by atoms with van der Waals surface area (Å²) in [6.07, 6.45) is 6.10. The number of H-pyrrole nitrogens is 1. The third-order valence-corrected chi connectivity index (χ3v) is 5.78. The summed E-state index contributed by atoms with van der Waals surface area (Å²) < 4.78 is 0.801. The first-order valence-corrected chi connectivity index (χ1v) is 8.29. The van der Waals surface area contributed by atoms with E-state index in [1.807, 2.05) is 11.8 Å². The second kappa shape index (κ2) is 4.91. The minimum Gasteiger partial charge on any atom is -0.309 e. The molecule has 1 N–H and O–H groups in total. The van der Waals surface area contributed by atoms with Gasteiger partial charge in [0.1, 0.15) is 5.82 Å². The van der Waals surface area contributed by atoms with Gasteiger partial charge in [0.15, 0.2) is 0 Å². The van der Waals surface area contributed by atoms with E-state index in [0.717, 1.165) is 21.5 Å². The first-order chi connectivity index (χ1) is 8.25. The van der Waals surface area contributed by atoms with Gasteiger partial charge >= 0.3 is 0 Å². The van der Waals surface area contributed by atoms with E-state index in [-0.39, 0.29) is 5.56 Å². The normalized spacial score (nSPS) is 24.9. The number of hydrogen-bond acceptors (Lipinski definition) is 3. The molecular formula is C12H15IN2OS. The average Bonchev–Trinajstić information content (AvgIpc) is 3.18. The van der Waals surface area contributed by atoms with E-state index >= 15 is 0 Å². The SMILES string of the molecule is O=c1[nH]c(C2CCCCS2)nc(C2CC2)c1I. The van der Waals surface area contributed by atoms with Crippen LogP contribution >= 0.6 is 34.4 Å². The van der Waals surface area contributed by atoms with Crippen LogP contribution in [0, 0.1) is 3.57 Å². The number of hydrogen-bond donors (Lipinski definition) is 1. The fraction of sp³-hybridized carbons (Fsp3) is 0.667. The summed E-state index contributed by atoms with van der Waals surface area (Å²) in [7, 11) is 0. The zero-order valence-corrected chi connectivity index (χ0v) is 12.5. The van der Waals surface area contributed by atoms with Crippen molar-refractivity contribution in [2.45, 2.75) is 43.3 Å². The van der Waals surface area contributed by atoms with Crippen LogP contribution in [-0.2, 0) is 0 Å². The standard InChI is InChI=1S/C12H15IN2OS/c13-9-10(7-4-5-7)14-11(15-12(9)16)8-3-1-2-6-17-8/h7-8H,1-6H2,(H,14,15,16). The number of rotatable bonds is 2. The number of aromatic nitrogens is 2. The fourth-order valence-electron chi connectivity index (χ4n) is 2.23. The molecule has 1 aromatic rings. The number of halogens is 1. The smallest absolute Gasteiger partial charge is 0.264 e. The van der Waals surface area contributed by atoms with E-state index in [1.54, 1.807) is 0 Å². The van der Waals surface area contributed by atoms with E-state index in [4.69, 9.17) is 4.98 Å². The lowest BCUT2D eigenvalue weighted by atomic mass is 10.1. The molecule has 1 aliphatic carbocycles. The van der Waals surface area contributed by atoms with E-state index < -0.39 is 0 Å². The predicted octanol–water partition coefficient (Wildman–Crippen LogP) is 3.21. The highest BCUT2D eigenvalue weighted by Crippen LogP contribution is 2.42. The molecule has 3 nitrogen and oxygen atoms in total. The second-order valence-electron chi connectivity index (χ2n) is 4.78. The first kappa shape index (κ1) is 12.0. The van der Waals surface area contributed by atoms with Crippen molar-refractivity contribution >= 4 is 34.4 Å². The van der Waals surface area contributed by atoms with Crippen LogP contribution in [0.1, 0.15) is 54.8 Å². The molecule has 92 valence electrons. The third kappa shape index (κ3) is 2.54. The van der Waals surface area contributed by atoms with E-state index in [0.29, 0.717) is 11.2 Å². The van der Waals surface area contributed by atoms with Crippen LogP contribution < -0.4 is 5.56 Å². The molecule has 1 atom stereocenters. The van der Waals surface area contributed by atoms with Gasteiger partial charge in [-0.3, -0.25) is 4.79 Å². The molecule has 0 aromatic carbocycles. The summed E-state index contributed by atoms with van der Waals surface area (Å²) in [5, 5.41) is 0.408. The maximum atomic E-state index is 11.9. The summed E-state index contributed by atoms with van der Waals surface area (Å²) in [4.78, 5) is 19.6. The molecule has 0 amide bonds. The van der Waals surface area contributed by atoms with E-state index in [1.165, 1.54) is 31.4 Å². The zero-order valence-electron chi connectivity index (χ0n) is 9.54. The van der Waals surface area contributed by atoms with Gasteiger partial charge in [0.2, 0.25) is 0 Å². The quantitative estimate of drug-likeness (QED) is 0.822. The number of nitrogens with zero attached hydrogens (tertiary/aromatic N) is 1. The van der Waals surface area contributed by atoms with Gasteiger partial charge in [0.05, 0.1) is 14.5 Å². The molecule has 17 heavy (non-hydrogen) atoms. The molecule has 2 fully saturated rings. The molecule has 1 saturated carbocycles. The lowest BCUT2D eigenvalue weighted by Crippen LogP contribution is -2.20. The Labute approximate surface area is 118 Å². The van der Waals surface area contributed by atoms with Gasteiger partial charge in [-0.25, -0.2) is 4.98 Å². The number of nitrogens with one attached hydrogen (secondary N) is 1. The molecule has 3 rings (SSSR count). The maximum absolute atomic E-state index is 11.9. The van der Waals surface area contributed by atoms with Crippen LogP contribution in [0.5, 0.6) is 0 Å². The van der Waals surface area contributed by atoms with Gasteiger partial charge < -0.3 is 4.98 Å².